The molecule has 0 N–H and O–H groups in total. The second kappa shape index (κ2) is 10.3. The van der Waals surface area contributed by atoms with E-state index in [0.29, 0.717) is 31.7 Å². The van der Waals surface area contributed by atoms with Crippen LogP contribution in [0.1, 0.15) is 51.3 Å². The van der Waals surface area contributed by atoms with Crippen molar-refractivity contribution in [1.82, 2.24) is 14.7 Å². The van der Waals surface area contributed by atoms with Gasteiger partial charge in [-0.05, 0) is 67.0 Å². The van der Waals surface area contributed by atoms with Gasteiger partial charge in [-0.25, -0.2) is 0 Å². The smallest absolute Gasteiger partial charge is 0.253 e. The van der Waals surface area contributed by atoms with Crippen LogP contribution in [0, 0.1) is 6.92 Å². The van der Waals surface area contributed by atoms with Crippen molar-refractivity contribution in [2.45, 2.75) is 38.8 Å². The van der Waals surface area contributed by atoms with Crippen molar-refractivity contribution in [3.63, 3.8) is 0 Å². The fourth-order valence-corrected chi connectivity index (χ4v) is 6.41. The highest BCUT2D eigenvalue weighted by molar-refractivity contribution is 7.10. The number of carbonyl (C=O) groups excluding carboxylic acids is 2. The number of amides is 2. The molecule has 5 rings (SSSR count). The SMILES string of the molecule is Cc1ccccc1[C@H]1c2ccsc2CCN1[C@@H](C)C(=O)N1CCCN(C(=O)c2ccccc2)CC1. The lowest BCUT2D eigenvalue weighted by Crippen LogP contribution is -2.51. The van der Waals surface area contributed by atoms with E-state index in [-0.39, 0.29) is 23.9 Å². The Bertz CT molecular complexity index is 1190. The summed E-state index contributed by atoms with van der Waals surface area (Å²) in [5, 5.41) is 2.18. The third kappa shape index (κ3) is 4.78. The lowest BCUT2D eigenvalue weighted by Gasteiger charge is -2.41. The summed E-state index contributed by atoms with van der Waals surface area (Å²) in [6.45, 7) is 7.60. The van der Waals surface area contributed by atoms with Crippen molar-refractivity contribution in [2.24, 2.45) is 0 Å². The fourth-order valence-electron chi connectivity index (χ4n) is 5.50. The molecule has 3 heterocycles. The molecule has 0 bridgehead atoms. The van der Waals surface area contributed by atoms with Gasteiger partial charge in [0.1, 0.15) is 0 Å². The van der Waals surface area contributed by atoms with Gasteiger partial charge in [-0.3, -0.25) is 14.5 Å². The standard InChI is InChI=1S/C29H33N3O2S/c1-21-9-6-7-12-24(21)27-25-14-20-35-26(25)13-17-32(27)22(2)28(33)30-15-8-16-31(19-18-30)29(34)23-10-4-3-5-11-23/h3-7,9-12,14,20,22,27H,8,13,15-19H2,1-2H3/t22-,27-/m0/s1. The molecular formula is C29H33N3O2S. The highest BCUT2D eigenvalue weighted by atomic mass is 32.1. The third-order valence-corrected chi connectivity index (χ3v) is 8.45. The molecule has 0 radical (unpaired) electrons. The third-order valence-electron chi connectivity index (χ3n) is 7.46. The number of nitrogens with zero attached hydrogens (tertiary/aromatic N) is 3. The molecule has 1 fully saturated rings. The Kier molecular flexibility index (Phi) is 7.02. The van der Waals surface area contributed by atoms with Crippen molar-refractivity contribution in [3.8, 4) is 0 Å². The summed E-state index contributed by atoms with van der Waals surface area (Å²) < 4.78 is 0. The van der Waals surface area contributed by atoms with Gasteiger partial charge in [0, 0.05) is 43.2 Å². The van der Waals surface area contributed by atoms with Crippen molar-refractivity contribution in [1.29, 1.82) is 0 Å². The van der Waals surface area contributed by atoms with Gasteiger partial charge in [-0.15, -0.1) is 11.3 Å². The zero-order chi connectivity index (χ0) is 24.4. The molecule has 0 spiro atoms. The fraction of sp³-hybridized carbons (Fsp3) is 0.379. The lowest BCUT2D eigenvalue weighted by molar-refractivity contribution is -0.137. The van der Waals surface area contributed by atoms with Crippen molar-refractivity contribution >= 4 is 23.2 Å². The number of hydrogen-bond acceptors (Lipinski definition) is 4. The minimum Gasteiger partial charge on any atom is -0.340 e. The Morgan fingerprint density at radius 2 is 1.57 bits per heavy atom. The minimum absolute atomic E-state index is 0.0496. The van der Waals surface area contributed by atoms with Gasteiger partial charge in [0.25, 0.3) is 5.91 Å². The zero-order valence-corrected chi connectivity index (χ0v) is 21.3. The van der Waals surface area contributed by atoms with E-state index in [1.165, 1.54) is 21.6 Å². The molecule has 2 atom stereocenters. The molecular weight excluding hydrogens is 454 g/mol. The second-order valence-corrected chi connectivity index (χ2v) is 10.6. The highest BCUT2D eigenvalue weighted by Gasteiger charge is 2.37. The summed E-state index contributed by atoms with van der Waals surface area (Å²) in [6.07, 6.45) is 1.78. The number of hydrogen-bond donors (Lipinski definition) is 0. The van der Waals surface area contributed by atoms with Crippen molar-refractivity contribution in [2.75, 3.05) is 32.7 Å². The average molecular weight is 488 g/mol. The first kappa shape index (κ1) is 23.8. The molecule has 2 amide bonds. The summed E-state index contributed by atoms with van der Waals surface area (Å²) in [7, 11) is 0. The molecule has 6 heteroatoms. The summed E-state index contributed by atoms with van der Waals surface area (Å²) in [5.41, 5.74) is 4.58. The normalized spacial score (nSPS) is 19.7. The predicted molar refractivity (Wildman–Crippen MR) is 141 cm³/mol. The van der Waals surface area contributed by atoms with E-state index in [2.05, 4.69) is 54.5 Å². The van der Waals surface area contributed by atoms with Gasteiger partial charge in [0.05, 0.1) is 12.1 Å². The Hall–Kier alpha value is -2.96. The van der Waals surface area contributed by atoms with Crippen LogP contribution in [0.3, 0.4) is 0 Å². The molecule has 0 saturated carbocycles. The number of thiophene rings is 1. The Morgan fingerprint density at radius 1 is 0.857 bits per heavy atom. The Labute approximate surface area is 212 Å². The van der Waals surface area contributed by atoms with Gasteiger partial charge in [0.15, 0.2) is 0 Å². The van der Waals surface area contributed by atoms with Crippen LogP contribution in [0.15, 0.2) is 66.0 Å². The molecule has 3 aromatic rings. The summed E-state index contributed by atoms with van der Waals surface area (Å²) in [4.78, 5) is 34.4. The molecule has 0 aliphatic carbocycles. The van der Waals surface area contributed by atoms with Gasteiger partial charge in [0.2, 0.25) is 5.91 Å². The van der Waals surface area contributed by atoms with Crippen LogP contribution in [-0.4, -0.2) is 65.3 Å². The van der Waals surface area contributed by atoms with Crippen LogP contribution < -0.4 is 0 Å². The van der Waals surface area contributed by atoms with E-state index in [1.54, 1.807) is 0 Å². The summed E-state index contributed by atoms with van der Waals surface area (Å²) in [5.74, 6) is 0.213. The second-order valence-electron chi connectivity index (χ2n) is 9.56. The topological polar surface area (TPSA) is 43.9 Å². The Morgan fingerprint density at radius 3 is 2.37 bits per heavy atom. The van der Waals surface area contributed by atoms with E-state index in [0.717, 1.165) is 19.4 Å². The Balaban J connectivity index is 1.33. The first-order valence-electron chi connectivity index (χ1n) is 12.5. The van der Waals surface area contributed by atoms with Crippen LogP contribution in [0.4, 0.5) is 0 Å². The summed E-state index contributed by atoms with van der Waals surface area (Å²) in [6, 6.07) is 20.1. The first-order chi connectivity index (χ1) is 17.0. The molecule has 2 aliphatic rings. The maximum absolute atomic E-state index is 13.8. The van der Waals surface area contributed by atoms with E-state index in [1.807, 2.05) is 51.5 Å². The molecule has 2 aromatic carbocycles. The summed E-state index contributed by atoms with van der Waals surface area (Å²) >= 11 is 1.82. The van der Waals surface area contributed by atoms with E-state index in [9.17, 15) is 9.59 Å². The average Bonchev–Trinajstić information content (AvgIpc) is 3.24. The quantitative estimate of drug-likeness (QED) is 0.533. The molecule has 5 nitrogen and oxygen atoms in total. The number of carbonyl (C=O) groups is 2. The van der Waals surface area contributed by atoms with Gasteiger partial charge >= 0.3 is 0 Å². The van der Waals surface area contributed by atoms with E-state index in [4.69, 9.17) is 0 Å². The number of fused-ring (bicyclic) bond motifs is 1. The highest BCUT2D eigenvalue weighted by Crippen LogP contribution is 2.40. The van der Waals surface area contributed by atoms with Crippen LogP contribution in [-0.2, 0) is 11.2 Å². The van der Waals surface area contributed by atoms with Crippen molar-refractivity contribution in [3.05, 3.63) is 93.2 Å². The molecule has 182 valence electrons. The van der Waals surface area contributed by atoms with Crippen LogP contribution in [0.5, 0.6) is 0 Å². The monoisotopic (exact) mass is 487 g/mol. The molecule has 1 saturated heterocycles. The van der Waals surface area contributed by atoms with Gasteiger partial charge < -0.3 is 9.80 Å². The molecule has 0 unspecified atom stereocenters. The minimum atomic E-state index is -0.232. The lowest BCUT2D eigenvalue weighted by atomic mass is 9.89. The number of aryl methyl sites for hydroxylation is 1. The molecule has 1 aromatic heterocycles. The van der Waals surface area contributed by atoms with Gasteiger partial charge in [-0.2, -0.15) is 0 Å². The number of rotatable bonds is 4. The van der Waals surface area contributed by atoms with Crippen LogP contribution >= 0.6 is 11.3 Å². The van der Waals surface area contributed by atoms with Crippen molar-refractivity contribution < 1.29 is 9.59 Å². The zero-order valence-electron chi connectivity index (χ0n) is 20.5. The molecule has 35 heavy (non-hydrogen) atoms. The van der Waals surface area contributed by atoms with E-state index >= 15 is 0 Å². The predicted octanol–water partition coefficient (Wildman–Crippen LogP) is 4.77. The van der Waals surface area contributed by atoms with Crippen LogP contribution in [0.25, 0.3) is 0 Å². The van der Waals surface area contributed by atoms with E-state index < -0.39 is 0 Å². The largest absolute Gasteiger partial charge is 0.340 e. The maximum atomic E-state index is 13.8. The first-order valence-corrected chi connectivity index (χ1v) is 13.4. The van der Waals surface area contributed by atoms with Gasteiger partial charge in [-0.1, -0.05) is 42.5 Å². The maximum Gasteiger partial charge on any atom is 0.253 e. The van der Waals surface area contributed by atoms with Crippen LogP contribution in [0.2, 0.25) is 0 Å². The molecule has 2 aliphatic heterocycles. The number of benzene rings is 2.